The summed E-state index contributed by atoms with van der Waals surface area (Å²) in [5.41, 5.74) is 1.88. The molecule has 0 aromatic heterocycles. The van der Waals surface area contributed by atoms with E-state index in [0.717, 1.165) is 5.56 Å². The summed E-state index contributed by atoms with van der Waals surface area (Å²) in [6.45, 7) is 2.45. The van der Waals surface area contributed by atoms with E-state index in [1.165, 1.54) is 11.0 Å². The Balaban J connectivity index is 1.65. The van der Waals surface area contributed by atoms with Crippen molar-refractivity contribution >= 4 is 80.0 Å². The number of benzene rings is 3. The maximum atomic E-state index is 13.2. The average molecular weight is 606 g/mol. The second-order valence-corrected chi connectivity index (χ2v) is 9.65. The predicted molar refractivity (Wildman–Crippen MR) is 149 cm³/mol. The molecule has 184 valence electrons. The van der Waals surface area contributed by atoms with Crippen molar-refractivity contribution in [1.82, 2.24) is 5.32 Å². The first kappa shape index (κ1) is 26.2. The smallest absolute Gasteiger partial charge is 0.270 e. The van der Waals surface area contributed by atoms with Crippen molar-refractivity contribution in [2.45, 2.75) is 13.5 Å². The van der Waals surface area contributed by atoms with E-state index in [4.69, 9.17) is 44.9 Å². The Hall–Kier alpha value is -2.91. The number of hydrogen-bond donors (Lipinski definition) is 1. The van der Waals surface area contributed by atoms with Crippen molar-refractivity contribution in [3.05, 3.63) is 91.9 Å². The number of halogens is 3. The maximum Gasteiger partial charge on any atom is 0.270 e. The SMILES string of the molecule is CCOc1cc(/C=C2/C(=O)NC(=S)N(c3ccccc3)C2=O)cc(Br)c1OCc1ccc(Cl)c(Cl)c1. The highest BCUT2D eigenvalue weighted by atomic mass is 79.9. The Morgan fingerprint density at radius 2 is 1.78 bits per heavy atom. The van der Waals surface area contributed by atoms with Gasteiger partial charge in [-0.2, -0.15) is 0 Å². The molecule has 36 heavy (non-hydrogen) atoms. The summed E-state index contributed by atoms with van der Waals surface area (Å²) in [7, 11) is 0. The molecular weight excluding hydrogens is 587 g/mol. The minimum Gasteiger partial charge on any atom is -0.490 e. The molecule has 10 heteroatoms. The van der Waals surface area contributed by atoms with Gasteiger partial charge in [0.1, 0.15) is 12.2 Å². The molecule has 1 saturated heterocycles. The van der Waals surface area contributed by atoms with Crippen molar-refractivity contribution in [2.75, 3.05) is 11.5 Å². The summed E-state index contributed by atoms with van der Waals surface area (Å²) < 4.78 is 12.4. The molecule has 6 nitrogen and oxygen atoms in total. The summed E-state index contributed by atoms with van der Waals surface area (Å²) in [4.78, 5) is 27.2. The van der Waals surface area contributed by atoms with Crippen molar-refractivity contribution in [3.63, 3.8) is 0 Å². The van der Waals surface area contributed by atoms with Gasteiger partial charge in [0, 0.05) is 0 Å². The van der Waals surface area contributed by atoms with Gasteiger partial charge < -0.3 is 9.47 Å². The number of thiocarbonyl (C=S) groups is 1. The number of nitrogens with zero attached hydrogens (tertiary/aromatic N) is 1. The first-order valence-corrected chi connectivity index (χ1v) is 12.7. The van der Waals surface area contributed by atoms with Gasteiger partial charge in [-0.15, -0.1) is 0 Å². The van der Waals surface area contributed by atoms with E-state index >= 15 is 0 Å². The third-order valence-corrected chi connectivity index (χ3v) is 6.74. The molecular formula is C26H19BrCl2N2O4S. The Kier molecular flexibility index (Phi) is 8.31. The van der Waals surface area contributed by atoms with Gasteiger partial charge in [-0.1, -0.05) is 47.5 Å². The molecule has 0 bridgehead atoms. The molecule has 0 unspecified atom stereocenters. The Morgan fingerprint density at radius 1 is 1.03 bits per heavy atom. The van der Waals surface area contributed by atoms with Gasteiger partial charge in [0.25, 0.3) is 11.8 Å². The van der Waals surface area contributed by atoms with Crippen molar-refractivity contribution < 1.29 is 19.1 Å². The van der Waals surface area contributed by atoms with Gasteiger partial charge in [0.15, 0.2) is 16.6 Å². The quantitative estimate of drug-likeness (QED) is 0.188. The van der Waals surface area contributed by atoms with E-state index in [2.05, 4.69) is 21.2 Å². The minimum atomic E-state index is -0.578. The van der Waals surface area contributed by atoms with Crippen LogP contribution in [0.5, 0.6) is 11.5 Å². The fraction of sp³-hybridized carbons (Fsp3) is 0.115. The second-order valence-electron chi connectivity index (χ2n) is 7.59. The van der Waals surface area contributed by atoms with Crippen molar-refractivity contribution in [3.8, 4) is 11.5 Å². The third kappa shape index (κ3) is 5.73. The number of rotatable bonds is 7. The fourth-order valence-corrected chi connectivity index (χ4v) is 4.67. The van der Waals surface area contributed by atoms with Crippen LogP contribution in [0.2, 0.25) is 10.0 Å². The number of para-hydroxylation sites is 1. The Morgan fingerprint density at radius 3 is 2.47 bits per heavy atom. The Labute approximate surface area is 231 Å². The number of ether oxygens (including phenoxy) is 2. The summed E-state index contributed by atoms with van der Waals surface area (Å²) >= 11 is 20.9. The molecule has 1 aliphatic rings. The van der Waals surface area contributed by atoms with Gasteiger partial charge in [-0.05, 0) is 88.7 Å². The number of amides is 2. The van der Waals surface area contributed by atoms with E-state index < -0.39 is 11.8 Å². The van der Waals surface area contributed by atoms with Crippen LogP contribution in [0.4, 0.5) is 5.69 Å². The lowest BCUT2D eigenvalue weighted by Gasteiger charge is -2.28. The highest BCUT2D eigenvalue weighted by molar-refractivity contribution is 9.10. The van der Waals surface area contributed by atoms with Crippen LogP contribution in [0.1, 0.15) is 18.1 Å². The van der Waals surface area contributed by atoms with Gasteiger partial charge in [0.2, 0.25) is 0 Å². The molecule has 1 fully saturated rings. The van der Waals surface area contributed by atoms with E-state index in [0.29, 0.717) is 43.9 Å². The van der Waals surface area contributed by atoms with E-state index in [1.54, 1.807) is 48.5 Å². The lowest BCUT2D eigenvalue weighted by Crippen LogP contribution is -2.54. The molecule has 4 rings (SSSR count). The minimum absolute atomic E-state index is 0.0237. The number of carbonyl (C=O) groups is 2. The van der Waals surface area contributed by atoms with Crippen LogP contribution in [-0.2, 0) is 16.2 Å². The molecule has 1 heterocycles. The molecule has 2 amide bonds. The van der Waals surface area contributed by atoms with Gasteiger partial charge in [-0.3, -0.25) is 19.8 Å². The molecule has 0 aliphatic carbocycles. The molecule has 0 spiro atoms. The highest BCUT2D eigenvalue weighted by Crippen LogP contribution is 2.38. The van der Waals surface area contributed by atoms with Crippen LogP contribution in [0, 0.1) is 0 Å². The third-order valence-electron chi connectivity index (χ3n) is 5.13. The van der Waals surface area contributed by atoms with E-state index in [1.807, 2.05) is 19.1 Å². The largest absolute Gasteiger partial charge is 0.490 e. The van der Waals surface area contributed by atoms with E-state index in [-0.39, 0.29) is 17.3 Å². The standard InChI is InChI=1S/C26H19BrCl2N2O4S/c1-2-34-22-13-16(11-19(27)23(22)35-14-15-8-9-20(28)21(29)12-15)10-18-24(32)30-26(36)31(25(18)33)17-6-4-3-5-7-17/h3-13H,2,14H2,1H3,(H,30,32,36)/b18-10-. The first-order valence-electron chi connectivity index (χ1n) is 10.8. The fourth-order valence-electron chi connectivity index (χ4n) is 3.49. The average Bonchev–Trinajstić information content (AvgIpc) is 2.84. The summed E-state index contributed by atoms with van der Waals surface area (Å²) in [6, 6.07) is 17.6. The lowest BCUT2D eigenvalue weighted by atomic mass is 10.1. The number of nitrogens with one attached hydrogen (secondary N) is 1. The van der Waals surface area contributed by atoms with Crippen molar-refractivity contribution in [1.29, 1.82) is 0 Å². The molecule has 0 atom stereocenters. The zero-order chi connectivity index (χ0) is 25.8. The molecule has 1 N–H and O–H groups in total. The molecule has 3 aromatic rings. The topological polar surface area (TPSA) is 67.9 Å². The highest BCUT2D eigenvalue weighted by Gasteiger charge is 2.34. The zero-order valence-electron chi connectivity index (χ0n) is 18.9. The van der Waals surface area contributed by atoms with Gasteiger partial charge in [0.05, 0.1) is 26.8 Å². The van der Waals surface area contributed by atoms with Crippen LogP contribution >= 0.6 is 51.3 Å². The predicted octanol–water partition coefficient (Wildman–Crippen LogP) is 6.56. The normalized spacial score (nSPS) is 14.7. The Bertz CT molecular complexity index is 1380. The van der Waals surface area contributed by atoms with Crippen LogP contribution in [-0.4, -0.2) is 23.5 Å². The van der Waals surface area contributed by atoms with E-state index in [9.17, 15) is 9.59 Å². The molecule has 3 aromatic carbocycles. The first-order chi connectivity index (χ1) is 17.3. The summed E-state index contributed by atoms with van der Waals surface area (Å²) in [5, 5.41) is 3.50. The van der Waals surface area contributed by atoms with Gasteiger partial charge >= 0.3 is 0 Å². The molecule has 0 radical (unpaired) electrons. The second kappa shape index (κ2) is 11.4. The zero-order valence-corrected chi connectivity index (χ0v) is 22.8. The number of hydrogen-bond acceptors (Lipinski definition) is 5. The summed E-state index contributed by atoms with van der Waals surface area (Å²) in [6.07, 6.45) is 1.49. The van der Waals surface area contributed by atoms with Crippen LogP contribution in [0.3, 0.4) is 0 Å². The molecule has 1 aliphatic heterocycles. The van der Waals surface area contributed by atoms with Crippen LogP contribution in [0.25, 0.3) is 6.08 Å². The number of anilines is 1. The lowest BCUT2D eigenvalue weighted by molar-refractivity contribution is -0.122. The van der Waals surface area contributed by atoms with Gasteiger partial charge in [-0.25, -0.2) is 0 Å². The molecule has 0 saturated carbocycles. The maximum absolute atomic E-state index is 13.2. The monoisotopic (exact) mass is 604 g/mol. The van der Waals surface area contributed by atoms with Crippen LogP contribution < -0.4 is 19.7 Å². The number of carbonyl (C=O) groups excluding carboxylic acids is 2. The van der Waals surface area contributed by atoms with Crippen molar-refractivity contribution in [2.24, 2.45) is 0 Å². The van der Waals surface area contributed by atoms with Crippen LogP contribution in [0.15, 0.2) is 70.7 Å². The summed E-state index contributed by atoms with van der Waals surface area (Å²) in [5.74, 6) is -0.190.